The number of rotatable bonds is 6. The van der Waals surface area contributed by atoms with Gasteiger partial charge >= 0.3 is 0 Å². The van der Waals surface area contributed by atoms with E-state index in [1.54, 1.807) is 18.3 Å². The Kier molecular flexibility index (Phi) is 5.38. The lowest BCUT2D eigenvalue weighted by molar-refractivity contribution is -0.140. The molecule has 0 bridgehead atoms. The lowest BCUT2D eigenvalue weighted by Crippen LogP contribution is -2.16. The maximum absolute atomic E-state index is 8.51. The Bertz CT molecular complexity index is 359. The van der Waals surface area contributed by atoms with E-state index in [1.807, 2.05) is 13.8 Å². The van der Waals surface area contributed by atoms with Gasteiger partial charge in [0.15, 0.2) is 12.1 Å². The van der Waals surface area contributed by atoms with Crippen LogP contribution in [0, 0.1) is 0 Å². The third-order valence-electron chi connectivity index (χ3n) is 2.06. The van der Waals surface area contributed by atoms with E-state index in [0.29, 0.717) is 18.9 Å². The molecule has 0 aliphatic rings. The van der Waals surface area contributed by atoms with Gasteiger partial charge in [0.05, 0.1) is 0 Å². The first-order chi connectivity index (χ1) is 8.22. The first-order valence-electron chi connectivity index (χ1n) is 5.40. The summed E-state index contributed by atoms with van der Waals surface area (Å²) in [6.07, 6.45) is 1.16. The summed E-state index contributed by atoms with van der Waals surface area (Å²) in [6.45, 7) is 4.88. The molecule has 0 aliphatic heterocycles. The summed E-state index contributed by atoms with van der Waals surface area (Å²) in [5.41, 5.74) is 6.61. The molecule has 0 aliphatic carbocycles. The van der Waals surface area contributed by atoms with Crippen LogP contribution in [0.15, 0.2) is 23.5 Å². The molecule has 0 amide bonds. The predicted molar refractivity (Wildman–Crippen MR) is 62.7 cm³/mol. The quantitative estimate of drug-likeness (QED) is 0.256. The van der Waals surface area contributed by atoms with E-state index in [9.17, 15) is 0 Å². The zero-order valence-electron chi connectivity index (χ0n) is 9.96. The second-order valence-electron chi connectivity index (χ2n) is 3.20. The van der Waals surface area contributed by atoms with Crippen molar-refractivity contribution in [1.29, 1.82) is 0 Å². The highest BCUT2D eigenvalue weighted by atomic mass is 16.7. The molecule has 17 heavy (non-hydrogen) atoms. The number of nitrogens with zero attached hydrogens (tertiary/aromatic N) is 2. The van der Waals surface area contributed by atoms with Crippen LogP contribution in [0.3, 0.4) is 0 Å². The van der Waals surface area contributed by atoms with Gasteiger partial charge in [0, 0.05) is 25.0 Å². The Balaban J connectivity index is 2.83. The highest BCUT2D eigenvalue weighted by Crippen LogP contribution is 2.18. The zero-order valence-corrected chi connectivity index (χ0v) is 9.96. The molecule has 6 heteroatoms. The molecule has 1 rings (SSSR count). The maximum atomic E-state index is 8.51. The molecule has 94 valence electrons. The minimum absolute atomic E-state index is 0.0269. The molecular formula is C11H17N3O3. The van der Waals surface area contributed by atoms with E-state index in [2.05, 4.69) is 10.1 Å². The van der Waals surface area contributed by atoms with E-state index >= 15 is 0 Å². The van der Waals surface area contributed by atoms with Crippen LogP contribution in [0.2, 0.25) is 0 Å². The first-order valence-corrected chi connectivity index (χ1v) is 5.40. The molecule has 0 spiro atoms. The van der Waals surface area contributed by atoms with Crippen molar-refractivity contribution in [2.24, 2.45) is 10.9 Å². The van der Waals surface area contributed by atoms with E-state index < -0.39 is 6.29 Å². The van der Waals surface area contributed by atoms with Crippen molar-refractivity contribution in [1.82, 2.24) is 4.98 Å². The maximum Gasteiger partial charge on any atom is 0.188 e. The Morgan fingerprint density at radius 1 is 1.41 bits per heavy atom. The molecule has 0 saturated carbocycles. The van der Waals surface area contributed by atoms with Gasteiger partial charge in [-0.3, -0.25) is 4.98 Å². The molecule has 1 aromatic rings. The molecule has 0 saturated heterocycles. The van der Waals surface area contributed by atoms with Gasteiger partial charge in [0.2, 0.25) is 0 Å². The van der Waals surface area contributed by atoms with Crippen LogP contribution in [0.1, 0.15) is 31.4 Å². The van der Waals surface area contributed by atoms with Crippen molar-refractivity contribution in [2.45, 2.75) is 20.1 Å². The molecule has 3 N–H and O–H groups in total. The monoisotopic (exact) mass is 239 g/mol. The average Bonchev–Trinajstić information content (AvgIpc) is 2.38. The number of amidine groups is 1. The van der Waals surface area contributed by atoms with Crippen molar-refractivity contribution in [3.8, 4) is 0 Å². The van der Waals surface area contributed by atoms with Crippen LogP contribution in [0.5, 0.6) is 0 Å². The molecule has 6 nitrogen and oxygen atoms in total. The van der Waals surface area contributed by atoms with E-state index in [4.69, 9.17) is 20.4 Å². The number of oxime groups is 1. The van der Waals surface area contributed by atoms with Crippen LogP contribution in [-0.4, -0.2) is 29.2 Å². The smallest absolute Gasteiger partial charge is 0.188 e. The van der Waals surface area contributed by atoms with Gasteiger partial charge in [-0.1, -0.05) is 11.2 Å². The van der Waals surface area contributed by atoms with Gasteiger partial charge in [-0.15, -0.1) is 0 Å². The Morgan fingerprint density at radius 2 is 2.06 bits per heavy atom. The third kappa shape index (κ3) is 3.69. The standard InChI is InChI=1S/C11H17N3O3/c1-3-16-11(17-4-2)8-5-6-9(13-7-8)10(12)14-15/h5-7,11,15H,3-4H2,1-2H3,(H2,12,14). The lowest BCUT2D eigenvalue weighted by atomic mass is 10.2. The third-order valence-corrected chi connectivity index (χ3v) is 2.06. The minimum Gasteiger partial charge on any atom is -0.409 e. The van der Waals surface area contributed by atoms with Crippen molar-refractivity contribution in [2.75, 3.05) is 13.2 Å². The fourth-order valence-electron chi connectivity index (χ4n) is 1.29. The summed E-state index contributed by atoms with van der Waals surface area (Å²) in [6, 6.07) is 3.42. The van der Waals surface area contributed by atoms with Crippen LogP contribution in [0.4, 0.5) is 0 Å². The minimum atomic E-state index is -0.432. The van der Waals surface area contributed by atoms with Gasteiger partial charge in [-0.25, -0.2) is 0 Å². The van der Waals surface area contributed by atoms with Gasteiger partial charge in [-0.2, -0.15) is 0 Å². The van der Waals surface area contributed by atoms with E-state index in [1.165, 1.54) is 0 Å². The molecule has 0 radical (unpaired) electrons. The summed E-state index contributed by atoms with van der Waals surface area (Å²) in [4.78, 5) is 4.06. The Morgan fingerprint density at radius 3 is 2.47 bits per heavy atom. The molecule has 0 unspecified atom stereocenters. The largest absolute Gasteiger partial charge is 0.409 e. The molecule has 1 heterocycles. The van der Waals surface area contributed by atoms with Crippen molar-refractivity contribution in [3.05, 3.63) is 29.6 Å². The molecular weight excluding hydrogens is 222 g/mol. The number of nitrogens with two attached hydrogens (primary N) is 1. The zero-order chi connectivity index (χ0) is 12.7. The van der Waals surface area contributed by atoms with E-state index in [-0.39, 0.29) is 5.84 Å². The van der Waals surface area contributed by atoms with Crippen LogP contribution in [-0.2, 0) is 9.47 Å². The fraction of sp³-hybridized carbons (Fsp3) is 0.455. The van der Waals surface area contributed by atoms with Gasteiger partial charge in [0.1, 0.15) is 5.69 Å². The highest BCUT2D eigenvalue weighted by molar-refractivity contribution is 5.95. The van der Waals surface area contributed by atoms with Gasteiger partial charge in [-0.05, 0) is 19.9 Å². The first kappa shape index (κ1) is 13.4. The Hall–Kier alpha value is -1.66. The summed E-state index contributed by atoms with van der Waals surface area (Å²) in [7, 11) is 0. The lowest BCUT2D eigenvalue weighted by Gasteiger charge is -2.16. The predicted octanol–water partition coefficient (Wildman–Crippen LogP) is 1.25. The van der Waals surface area contributed by atoms with Crippen LogP contribution >= 0.6 is 0 Å². The highest BCUT2D eigenvalue weighted by Gasteiger charge is 2.12. The topological polar surface area (TPSA) is 90.0 Å². The van der Waals surface area contributed by atoms with Gasteiger partial charge < -0.3 is 20.4 Å². The van der Waals surface area contributed by atoms with Crippen molar-refractivity contribution < 1.29 is 14.7 Å². The second-order valence-corrected chi connectivity index (χ2v) is 3.20. The van der Waals surface area contributed by atoms with Crippen LogP contribution < -0.4 is 5.73 Å². The summed E-state index contributed by atoms with van der Waals surface area (Å²) < 4.78 is 10.8. The average molecular weight is 239 g/mol. The second kappa shape index (κ2) is 6.82. The van der Waals surface area contributed by atoms with Gasteiger partial charge in [0.25, 0.3) is 0 Å². The van der Waals surface area contributed by atoms with Crippen molar-refractivity contribution in [3.63, 3.8) is 0 Å². The number of pyridine rings is 1. The SMILES string of the molecule is CCOC(OCC)c1ccc(/C(N)=N/O)nc1. The number of hydrogen-bond donors (Lipinski definition) is 2. The molecule has 1 aromatic heterocycles. The summed E-state index contributed by atoms with van der Waals surface area (Å²) in [5.74, 6) is -0.0269. The number of ether oxygens (including phenoxy) is 2. The summed E-state index contributed by atoms with van der Waals surface area (Å²) >= 11 is 0. The van der Waals surface area contributed by atoms with E-state index in [0.717, 1.165) is 5.56 Å². The number of aromatic nitrogens is 1. The van der Waals surface area contributed by atoms with Crippen LogP contribution in [0.25, 0.3) is 0 Å². The molecule has 0 fully saturated rings. The Labute approximate surface area is 100 Å². The number of hydrogen-bond acceptors (Lipinski definition) is 5. The summed E-state index contributed by atoms with van der Waals surface area (Å²) in [5, 5.41) is 11.4. The fourth-order valence-corrected chi connectivity index (χ4v) is 1.29. The molecule has 0 aromatic carbocycles. The van der Waals surface area contributed by atoms with Crippen molar-refractivity contribution >= 4 is 5.84 Å². The molecule has 0 atom stereocenters. The normalized spacial score (nSPS) is 12.1.